The summed E-state index contributed by atoms with van der Waals surface area (Å²) in [5, 5.41) is 10.5. The number of benzene rings is 1. The Morgan fingerprint density at radius 3 is 2.62 bits per heavy atom. The van der Waals surface area contributed by atoms with Gasteiger partial charge in [0, 0.05) is 24.7 Å². The van der Waals surface area contributed by atoms with Gasteiger partial charge in [0.1, 0.15) is 11.5 Å². The summed E-state index contributed by atoms with van der Waals surface area (Å²) < 4.78 is 10.6. The van der Waals surface area contributed by atoms with Gasteiger partial charge in [-0.25, -0.2) is 0 Å². The molecule has 1 saturated heterocycles. The quantitative estimate of drug-likeness (QED) is 0.906. The summed E-state index contributed by atoms with van der Waals surface area (Å²) in [5.41, 5.74) is 0.824. The summed E-state index contributed by atoms with van der Waals surface area (Å²) >= 11 is 0. The first kappa shape index (κ1) is 16.1. The third kappa shape index (κ3) is 3.89. The topological polar surface area (TPSA) is 41.9 Å². The summed E-state index contributed by atoms with van der Waals surface area (Å²) in [4.78, 5) is 2.35. The van der Waals surface area contributed by atoms with Crippen LogP contribution in [0.2, 0.25) is 0 Å². The van der Waals surface area contributed by atoms with Gasteiger partial charge in [-0.15, -0.1) is 0 Å². The average Bonchev–Trinajstić information content (AvgIpc) is 2.50. The molecular formula is C17H27NO3. The minimum Gasteiger partial charge on any atom is -0.497 e. The van der Waals surface area contributed by atoms with Gasteiger partial charge in [-0.05, 0) is 36.9 Å². The standard InChI is InChI=1S/C17H27NO3/c1-12-7-8-18(10-13(12)2)11-16(19)15-6-5-14(20-3)9-17(15)21-4/h5-6,9,12-13,16,19H,7-8,10-11H2,1-4H3. The van der Waals surface area contributed by atoms with Crippen LogP contribution >= 0.6 is 0 Å². The van der Waals surface area contributed by atoms with Crippen LogP contribution in [0.1, 0.15) is 31.9 Å². The monoisotopic (exact) mass is 293 g/mol. The number of hydrogen-bond acceptors (Lipinski definition) is 4. The fourth-order valence-electron chi connectivity index (χ4n) is 2.95. The van der Waals surface area contributed by atoms with Crippen LogP contribution in [0.5, 0.6) is 11.5 Å². The van der Waals surface area contributed by atoms with Crippen molar-refractivity contribution in [2.75, 3.05) is 33.9 Å². The highest BCUT2D eigenvalue weighted by Crippen LogP contribution is 2.31. The van der Waals surface area contributed by atoms with Gasteiger partial charge in [-0.2, -0.15) is 0 Å². The minimum absolute atomic E-state index is 0.536. The van der Waals surface area contributed by atoms with Crippen molar-refractivity contribution in [3.63, 3.8) is 0 Å². The lowest BCUT2D eigenvalue weighted by molar-refractivity contribution is 0.0692. The molecule has 1 fully saturated rings. The van der Waals surface area contributed by atoms with Crippen molar-refractivity contribution in [2.24, 2.45) is 11.8 Å². The van der Waals surface area contributed by atoms with Gasteiger partial charge >= 0.3 is 0 Å². The highest BCUT2D eigenvalue weighted by atomic mass is 16.5. The molecule has 0 aromatic heterocycles. The van der Waals surface area contributed by atoms with E-state index in [1.807, 2.05) is 18.2 Å². The van der Waals surface area contributed by atoms with Crippen molar-refractivity contribution in [1.29, 1.82) is 0 Å². The van der Waals surface area contributed by atoms with E-state index in [4.69, 9.17) is 9.47 Å². The average molecular weight is 293 g/mol. The molecule has 4 heteroatoms. The predicted molar refractivity (Wildman–Crippen MR) is 83.9 cm³/mol. The summed E-state index contributed by atoms with van der Waals surface area (Å²) in [6, 6.07) is 5.57. The molecule has 21 heavy (non-hydrogen) atoms. The van der Waals surface area contributed by atoms with Crippen molar-refractivity contribution in [2.45, 2.75) is 26.4 Å². The maximum Gasteiger partial charge on any atom is 0.128 e. The van der Waals surface area contributed by atoms with E-state index in [-0.39, 0.29) is 0 Å². The van der Waals surface area contributed by atoms with Crippen LogP contribution in [0.4, 0.5) is 0 Å². The van der Waals surface area contributed by atoms with Crippen LogP contribution in [0.3, 0.4) is 0 Å². The van der Waals surface area contributed by atoms with Crippen molar-refractivity contribution in [3.8, 4) is 11.5 Å². The zero-order chi connectivity index (χ0) is 15.4. The number of aliphatic hydroxyl groups excluding tert-OH is 1. The fourth-order valence-corrected chi connectivity index (χ4v) is 2.95. The van der Waals surface area contributed by atoms with E-state index in [0.717, 1.165) is 30.3 Å². The molecule has 0 spiro atoms. The van der Waals surface area contributed by atoms with Gasteiger partial charge in [0.25, 0.3) is 0 Å². The fraction of sp³-hybridized carbons (Fsp3) is 0.647. The third-order valence-corrected chi connectivity index (χ3v) is 4.65. The van der Waals surface area contributed by atoms with Crippen LogP contribution in [-0.2, 0) is 0 Å². The smallest absolute Gasteiger partial charge is 0.128 e. The molecule has 0 bridgehead atoms. The van der Waals surface area contributed by atoms with Crippen LogP contribution in [-0.4, -0.2) is 43.9 Å². The van der Waals surface area contributed by atoms with Crippen molar-refractivity contribution >= 4 is 0 Å². The zero-order valence-corrected chi connectivity index (χ0v) is 13.5. The first-order valence-corrected chi connectivity index (χ1v) is 7.67. The highest BCUT2D eigenvalue weighted by molar-refractivity contribution is 5.42. The molecule has 4 nitrogen and oxygen atoms in total. The minimum atomic E-state index is -0.536. The molecule has 3 unspecified atom stereocenters. The molecule has 2 rings (SSSR count). The van der Waals surface area contributed by atoms with E-state index >= 15 is 0 Å². The maximum absolute atomic E-state index is 10.5. The van der Waals surface area contributed by atoms with E-state index in [1.165, 1.54) is 6.42 Å². The predicted octanol–water partition coefficient (Wildman–Crippen LogP) is 2.72. The number of ether oxygens (including phenoxy) is 2. The first-order chi connectivity index (χ1) is 10.0. The molecule has 0 radical (unpaired) electrons. The van der Waals surface area contributed by atoms with Crippen LogP contribution in [0.15, 0.2) is 18.2 Å². The number of aliphatic hydroxyl groups is 1. The molecule has 1 aliphatic heterocycles. The Balaban J connectivity index is 2.04. The van der Waals surface area contributed by atoms with Crippen LogP contribution in [0.25, 0.3) is 0 Å². The second-order valence-electron chi connectivity index (χ2n) is 6.13. The maximum atomic E-state index is 10.5. The van der Waals surface area contributed by atoms with Gasteiger partial charge in [-0.1, -0.05) is 13.8 Å². The summed E-state index contributed by atoms with van der Waals surface area (Å²) in [5.74, 6) is 2.88. The van der Waals surface area contributed by atoms with Gasteiger partial charge < -0.3 is 19.5 Å². The first-order valence-electron chi connectivity index (χ1n) is 7.67. The van der Waals surface area contributed by atoms with E-state index in [0.29, 0.717) is 18.2 Å². The molecule has 3 atom stereocenters. The third-order valence-electron chi connectivity index (χ3n) is 4.65. The molecule has 1 heterocycles. The van der Waals surface area contributed by atoms with Gasteiger partial charge in [0.05, 0.1) is 20.3 Å². The van der Waals surface area contributed by atoms with Crippen molar-refractivity contribution in [1.82, 2.24) is 4.90 Å². The SMILES string of the molecule is COc1ccc(C(O)CN2CCC(C)C(C)C2)c(OC)c1. The second-order valence-corrected chi connectivity index (χ2v) is 6.13. The number of β-amino-alcohol motifs (C(OH)–C–C–N with tert-alkyl or cyclic N) is 1. The van der Waals surface area contributed by atoms with Crippen molar-refractivity contribution in [3.05, 3.63) is 23.8 Å². The van der Waals surface area contributed by atoms with E-state index in [9.17, 15) is 5.11 Å². The van der Waals surface area contributed by atoms with Crippen molar-refractivity contribution < 1.29 is 14.6 Å². The second kappa shape index (κ2) is 7.14. The Morgan fingerprint density at radius 2 is 2.00 bits per heavy atom. The summed E-state index contributed by atoms with van der Waals surface area (Å²) in [6.45, 7) is 7.36. The van der Waals surface area contributed by atoms with Crippen LogP contribution < -0.4 is 9.47 Å². The van der Waals surface area contributed by atoms with Gasteiger partial charge in [0.15, 0.2) is 0 Å². The molecule has 118 valence electrons. The van der Waals surface area contributed by atoms with E-state index in [1.54, 1.807) is 14.2 Å². The lowest BCUT2D eigenvalue weighted by atomic mass is 9.88. The molecule has 0 aliphatic carbocycles. The zero-order valence-electron chi connectivity index (χ0n) is 13.5. The molecule has 0 amide bonds. The molecule has 1 aliphatic rings. The Bertz CT molecular complexity index is 463. The normalized spacial score (nSPS) is 24.6. The Labute approximate surface area is 127 Å². The lowest BCUT2D eigenvalue weighted by Crippen LogP contribution is -2.40. The number of methoxy groups -OCH3 is 2. The Hall–Kier alpha value is -1.26. The number of rotatable bonds is 5. The number of hydrogen-bond donors (Lipinski definition) is 1. The Morgan fingerprint density at radius 1 is 1.24 bits per heavy atom. The lowest BCUT2D eigenvalue weighted by Gasteiger charge is -2.36. The summed E-state index contributed by atoms with van der Waals surface area (Å²) in [7, 11) is 3.25. The summed E-state index contributed by atoms with van der Waals surface area (Å²) in [6.07, 6.45) is 0.666. The van der Waals surface area contributed by atoms with Gasteiger partial charge in [-0.3, -0.25) is 0 Å². The number of piperidine rings is 1. The molecule has 1 aromatic carbocycles. The van der Waals surface area contributed by atoms with Gasteiger partial charge in [0.2, 0.25) is 0 Å². The van der Waals surface area contributed by atoms with E-state index in [2.05, 4.69) is 18.7 Å². The highest BCUT2D eigenvalue weighted by Gasteiger charge is 2.25. The Kier molecular flexibility index (Phi) is 5.48. The van der Waals surface area contributed by atoms with E-state index < -0.39 is 6.10 Å². The molecule has 1 aromatic rings. The molecular weight excluding hydrogens is 266 g/mol. The van der Waals surface area contributed by atoms with Crippen LogP contribution in [0, 0.1) is 11.8 Å². The largest absolute Gasteiger partial charge is 0.497 e. The molecule has 0 saturated carbocycles. The number of likely N-dealkylation sites (tertiary alicyclic amines) is 1. The number of nitrogens with zero attached hydrogens (tertiary/aromatic N) is 1. The molecule has 1 N–H and O–H groups in total.